The Bertz CT molecular complexity index is 1830. The van der Waals surface area contributed by atoms with Gasteiger partial charge in [0, 0.05) is 60.1 Å². The van der Waals surface area contributed by atoms with Gasteiger partial charge in [0.05, 0.1) is 26.4 Å². The third-order valence-electron chi connectivity index (χ3n) is 10.3. The number of aryl methyl sites for hydroxylation is 2. The first kappa shape index (κ1) is 45.4. The highest BCUT2D eigenvalue weighted by atomic mass is 16.5. The molecule has 0 saturated carbocycles. The number of ether oxygens (including phenoxy) is 2. The molecule has 0 unspecified atom stereocenters. The summed E-state index contributed by atoms with van der Waals surface area (Å²) in [6.07, 6.45) is 1.13. The molecule has 4 aromatic rings. The first-order valence-corrected chi connectivity index (χ1v) is 21.1. The fourth-order valence-corrected chi connectivity index (χ4v) is 6.91. The largest absolute Gasteiger partial charge is 0.378 e. The molecule has 12 nitrogen and oxygen atoms in total. The Hall–Kier alpha value is -5.72. The number of anilines is 4. The third-order valence-corrected chi connectivity index (χ3v) is 10.3. The topological polar surface area (TPSA) is 141 Å². The molecular formula is C48H62N6O6. The van der Waals surface area contributed by atoms with Gasteiger partial charge in [0.2, 0.25) is 11.8 Å². The third kappa shape index (κ3) is 14.2. The average Bonchev–Trinajstić information content (AvgIpc) is 3.24. The number of benzene rings is 4. The number of rotatable bonds is 14. The molecule has 2 aliphatic rings. The molecule has 4 amide bonds. The summed E-state index contributed by atoms with van der Waals surface area (Å²) < 4.78 is 10.8. The van der Waals surface area contributed by atoms with Gasteiger partial charge in [-0.25, -0.2) is 0 Å². The minimum atomic E-state index is -0.599. The summed E-state index contributed by atoms with van der Waals surface area (Å²) in [5.41, 5.74) is 6.94. The van der Waals surface area contributed by atoms with E-state index in [1.807, 2.05) is 114 Å². The minimum Gasteiger partial charge on any atom is -0.378 e. The van der Waals surface area contributed by atoms with Gasteiger partial charge in [-0.3, -0.25) is 19.2 Å². The van der Waals surface area contributed by atoms with Crippen LogP contribution in [0, 0.1) is 25.7 Å². The van der Waals surface area contributed by atoms with Crippen LogP contribution in [0.5, 0.6) is 0 Å². The van der Waals surface area contributed by atoms with Crippen molar-refractivity contribution in [3.63, 3.8) is 0 Å². The molecule has 0 spiro atoms. The molecule has 2 fully saturated rings. The highest BCUT2D eigenvalue weighted by Gasteiger charge is 2.24. The van der Waals surface area contributed by atoms with Gasteiger partial charge in [-0.15, -0.1) is 0 Å². The predicted molar refractivity (Wildman–Crippen MR) is 240 cm³/mol. The van der Waals surface area contributed by atoms with Gasteiger partial charge in [0.25, 0.3) is 11.8 Å². The molecule has 12 heteroatoms. The van der Waals surface area contributed by atoms with Crippen LogP contribution < -0.4 is 31.1 Å². The van der Waals surface area contributed by atoms with Crippen molar-refractivity contribution >= 4 is 46.4 Å². The van der Waals surface area contributed by atoms with Gasteiger partial charge < -0.3 is 40.5 Å². The first-order chi connectivity index (χ1) is 28.8. The summed E-state index contributed by atoms with van der Waals surface area (Å²) in [5.74, 6) is -0.353. The molecule has 6 rings (SSSR count). The first-order valence-electron chi connectivity index (χ1n) is 21.1. The minimum absolute atomic E-state index is 0.205. The molecule has 0 aliphatic carbocycles. The average molecular weight is 819 g/mol. The Balaban J connectivity index is 0.000000228. The quantitative estimate of drug-likeness (QED) is 0.105. The summed E-state index contributed by atoms with van der Waals surface area (Å²) in [6, 6.07) is 29.1. The van der Waals surface area contributed by atoms with Crippen LogP contribution in [0.1, 0.15) is 72.4 Å². The van der Waals surface area contributed by atoms with Crippen LogP contribution in [-0.2, 0) is 19.1 Å². The van der Waals surface area contributed by atoms with E-state index in [4.69, 9.17) is 9.47 Å². The fraction of sp³-hybridized carbons (Fsp3) is 0.417. The second-order valence-electron chi connectivity index (χ2n) is 16.3. The Morgan fingerprint density at radius 1 is 0.500 bits per heavy atom. The van der Waals surface area contributed by atoms with Crippen LogP contribution >= 0.6 is 0 Å². The number of nitrogens with one attached hydrogen (secondary N) is 4. The number of nitrogens with zero attached hydrogens (tertiary/aromatic N) is 2. The fourth-order valence-electron chi connectivity index (χ4n) is 6.91. The summed E-state index contributed by atoms with van der Waals surface area (Å²) >= 11 is 0. The zero-order chi connectivity index (χ0) is 43.0. The van der Waals surface area contributed by atoms with Gasteiger partial charge in [-0.05, 0) is 111 Å². The highest BCUT2D eigenvalue weighted by Crippen LogP contribution is 2.21. The molecule has 4 N–H and O–H groups in total. The molecule has 60 heavy (non-hydrogen) atoms. The number of carbonyl (C=O) groups excluding carboxylic acids is 4. The lowest BCUT2D eigenvalue weighted by molar-refractivity contribution is -0.119. The van der Waals surface area contributed by atoms with E-state index in [-0.39, 0.29) is 35.5 Å². The molecule has 4 aromatic carbocycles. The number of hydrogen-bond acceptors (Lipinski definition) is 8. The zero-order valence-corrected chi connectivity index (χ0v) is 36.0. The molecule has 2 aliphatic heterocycles. The van der Waals surface area contributed by atoms with Gasteiger partial charge in [0.1, 0.15) is 12.1 Å². The van der Waals surface area contributed by atoms with Crippen molar-refractivity contribution < 1.29 is 28.7 Å². The lowest BCUT2D eigenvalue weighted by atomic mass is 10.0. The lowest BCUT2D eigenvalue weighted by Gasteiger charge is -2.29. The Kier molecular flexibility index (Phi) is 17.1. The highest BCUT2D eigenvalue weighted by molar-refractivity contribution is 6.02. The van der Waals surface area contributed by atoms with Crippen LogP contribution in [0.3, 0.4) is 0 Å². The van der Waals surface area contributed by atoms with E-state index in [2.05, 4.69) is 31.1 Å². The number of carbonyl (C=O) groups is 4. The second-order valence-corrected chi connectivity index (χ2v) is 16.3. The second kappa shape index (κ2) is 22.6. The van der Waals surface area contributed by atoms with Gasteiger partial charge in [-0.2, -0.15) is 0 Å². The van der Waals surface area contributed by atoms with E-state index in [1.54, 1.807) is 24.3 Å². The number of amides is 4. The molecular weight excluding hydrogens is 757 g/mol. The van der Waals surface area contributed by atoms with E-state index in [0.717, 1.165) is 86.5 Å². The Morgan fingerprint density at radius 2 is 0.817 bits per heavy atom. The van der Waals surface area contributed by atoms with E-state index in [9.17, 15) is 19.2 Å². The van der Waals surface area contributed by atoms with Crippen LogP contribution in [0.15, 0.2) is 97.1 Å². The zero-order valence-electron chi connectivity index (χ0n) is 36.0. The van der Waals surface area contributed by atoms with Crippen molar-refractivity contribution in [2.75, 3.05) is 73.0 Å². The van der Waals surface area contributed by atoms with E-state index in [1.165, 1.54) is 0 Å². The summed E-state index contributed by atoms with van der Waals surface area (Å²) in [6.45, 7) is 18.5. The lowest BCUT2D eigenvalue weighted by Crippen LogP contribution is -2.44. The normalized spacial score (nSPS) is 15.0. The van der Waals surface area contributed by atoms with Crippen LogP contribution in [0.2, 0.25) is 0 Å². The van der Waals surface area contributed by atoms with E-state index in [0.29, 0.717) is 24.0 Å². The van der Waals surface area contributed by atoms with Crippen molar-refractivity contribution in [2.45, 2.75) is 66.5 Å². The van der Waals surface area contributed by atoms with E-state index >= 15 is 0 Å². The molecule has 320 valence electrons. The Labute approximate surface area is 355 Å². The summed E-state index contributed by atoms with van der Waals surface area (Å²) in [7, 11) is 0. The van der Waals surface area contributed by atoms with Gasteiger partial charge in [-0.1, -0.05) is 63.1 Å². The maximum Gasteiger partial charge on any atom is 0.251 e. The standard InChI is InChI=1S/2C24H31N3O3/c2*1-17(2)16-22(26-23(28)19-6-4-18(3)5-7-19)24(29)25-20-8-10-21(11-9-20)27-12-14-30-15-13-27/h2*4-11,17,22H,12-16H2,1-3H3,(H,25,29)(H,26,28)/t2*22-/m00/s1. The van der Waals surface area contributed by atoms with E-state index < -0.39 is 12.1 Å². The monoisotopic (exact) mass is 818 g/mol. The van der Waals surface area contributed by atoms with Gasteiger partial charge in [0.15, 0.2) is 0 Å². The van der Waals surface area contributed by atoms with Crippen LogP contribution in [0.4, 0.5) is 22.7 Å². The Morgan fingerprint density at radius 3 is 1.12 bits per heavy atom. The van der Waals surface area contributed by atoms with Crippen LogP contribution in [-0.4, -0.2) is 88.3 Å². The molecule has 0 aromatic heterocycles. The van der Waals surface area contributed by atoms with Crippen molar-refractivity contribution in [1.82, 2.24) is 10.6 Å². The molecule has 2 heterocycles. The van der Waals surface area contributed by atoms with Crippen LogP contribution in [0.25, 0.3) is 0 Å². The maximum atomic E-state index is 12.9. The SMILES string of the molecule is Cc1ccc(C(=O)N[C@@H](CC(C)C)C(=O)Nc2ccc(N3CCOCC3)cc2)cc1.Cc1ccc(C(=O)N[C@@H](CC(C)C)C(=O)Nc2ccc(N3CCOCC3)cc2)cc1. The molecule has 2 atom stereocenters. The number of morpholine rings is 2. The van der Waals surface area contributed by atoms with Crippen molar-refractivity contribution in [2.24, 2.45) is 11.8 Å². The summed E-state index contributed by atoms with van der Waals surface area (Å²) in [5, 5.41) is 11.7. The predicted octanol–water partition coefficient (Wildman–Crippen LogP) is 7.23. The summed E-state index contributed by atoms with van der Waals surface area (Å²) in [4.78, 5) is 55.6. The van der Waals surface area contributed by atoms with Crippen molar-refractivity contribution in [1.29, 1.82) is 0 Å². The molecule has 0 radical (unpaired) electrons. The number of hydrogen-bond donors (Lipinski definition) is 4. The smallest absolute Gasteiger partial charge is 0.251 e. The van der Waals surface area contributed by atoms with Crippen molar-refractivity contribution in [3.05, 3.63) is 119 Å². The maximum absolute atomic E-state index is 12.9. The van der Waals surface area contributed by atoms with Gasteiger partial charge >= 0.3 is 0 Å². The molecule has 2 saturated heterocycles. The molecule has 0 bridgehead atoms. The van der Waals surface area contributed by atoms with Crippen molar-refractivity contribution in [3.8, 4) is 0 Å².